The maximum atomic E-state index is 12.3. The van der Waals surface area contributed by atoms with E-state index in [0.717, 1.165) is 51.4 Å². The predicted octanol–water partition coefficient (Wildman–Crippen LogP) is 0.694. The van der Waals surface area contributed by atoms with Gasteiger partial charge in [-0.2, -0.15) is 0 Å². The van der Waals surface area contributed by atoms with E-state index in [1.807, 2.05) is 0 Å². The monoisotopic (exact) mass is 224 g/mol. The summed E-state index contributed by atoms with van der Waals surface area (Å²) >= 11 is 0. The number of carbonyl (C=O) groups excluding carboxylic acids is 2. The number of hydrogen-bond acceptors (Lipinski definition) is 3. The van der Waals surface area contributed by atoms with Crippen LogP contribution in [0, 0.1) is 5.92 Å². The summed E-state index contributed by atoms with van der Waals surface area (Å²) in [5.74, 6) is 0.0658. The van der Waals surface area contributed by atoms with Crippen LogP contribution in [-0.4, -0.2) is 35.7 Å². The Morgan fingerprint density at radius 1 is 1.19 bits per heavy atom. The molecule has 0 radical (unpaired) electrons. The predicted molar refractivity (Wildman–Crippen MR) is 60.7 cm³/mol. The highest BCUT2D eigenvalue weighted by Gasteiger charge is 2.36. The Kier molecular flexibility index (Phi) is 3.59. The summed E-state index contributed by atoms with van der Waals surface area (Å²) in [5, 5.41) is 0. The topological polar surface area (TPSA) is 63.4 Å². The second-order valence-corrected chi connectivity index (χ2v) is 4.93. The molecule has 0 aromatic carbocycles. The lowest BCUT2D eigenvalue weighted by atomic mass is 9.84. The molecule has 4 nitrogen and oxygen atoms in total. The Morgan fingerprint density at radius 3 is 2.62 bits per heavy atom. The van der Waals surface area contributed by atoms with Crippen LogP contribution < -0.4 is 5.73 Å². The molecule has 3 atom stereocenters. The minimum absolute atomic E-state index is 0.00541. The highest BCUT2D eigenvalue weighted by Crippen LogP contribution is 2.27. The summed E-state index contributed by atoms with van der Waals surface area (Å²) in [5.41, 5.74) is 6.00. The first kappa shape index (κ1) is 11.6. The van der Waals surface area contributed by atoms with E-state index in [1.54, 1.807) is 4.90 Å². The molecule has 0 unspecified atom stereocenters. The summed E-state index contributed by atoms with van der Waals surface area (Å²) in [4.78, 5) is 24.9. The Hall–Kier alpha value is -0.900. The summed E-state index contributed by atoms with van der Waals surface area (Å²) in [6.07, 6.45) is 6.71. The van der Waals surface area contributed by atoms with Gasteiger partial charge in [-0.05, 0) is 25.7 Å². The van der Waals surface area contributed by atoms with E-state index in [-0.39, 0.29) is 23.9 Å². The van der Waals surface area contributed by atoms with Crippen LogP contribution in [0.25, 0.3) is 0 Å². The molecule has 2 N–H and O–H groups in total. The van der Waals surface area contributed by atoms with Crippen molar-refractivity contribution in [1.29, 1.82) is 0 Å². The Labute approximate surface area is 96.2 Å². The van der Waals surface area contributed by atoms with Gasteiger partial charge in [-0.1, -0.05) is 12.8 Å². The summed E-state index contributed by atoms with van der Waals surface area (Å²) in [6.45, 7) is 0.728. The van der Waals surface area contributed by atoms with Crippen molar-refractivity contribution in [2.24, 2.45) is 11.7 Å². The molecule has 0 aromatic rings. The van der Waals surface area contributed by atoms with Crippen molar-refractivity contribution in [3.8, 4) is 0 Å². The Bertz CT molecular complexity index is 280. The summed E-state index contributed by atoms with van der Waals surface area (Å²) in [7, 11) is 0. The third kappa shape index (κ3) is 2.12. The molecule has 4 heteroatoms. The van der Waals surface area contributed by atoms with E-state index in [0.29, 0.717) is 0 Å². The van der Waals surface area contributed by atoms with Crippen molar-refractivity contribution >= 4 is 12.2 Å². The third-order valence-corrected chi connectivity index (χ3v) is 3.88. The molecule has 1 heterocycles. The maximum Gasteiger partial charge on any atom is 0.227 e. The Balaban J connectivity index is 2.02. The van der Waals surface area contributed by atoms with E-state index >= 15 is 0 Å². The second kappa shape index (κ2) is 4.95. The van der Waals surface area contributed by atoms with E-state index < -0.39 is 0 Å². The van der Waals surface area contributed by atoms with Crippen LogP contribution in [0.3, 0.4) is 0 Å². The van der Waals surface area contributed by atoms with Crippen molar-refractivity contribution in [2.75, 3.05) is 6.54 Å². The molecule has 0 spiro atoms. The van der Waals surface area contributed by atoms with Gasteiger partial charge in [0.2, 0.25) is 5.91 Å². The van der Waals surface area contributed by atoms with Crippen molar-refractivity contribution in [1.82, 2.24) is 4.90 Å². The fourth-order valence-corrected chi connectivity index (χ4v) is 2.89. The minimum Gasteiger partial charge on any atom is -0.333 e. The highest BCUT2D eigenvalue weighted by atomic mass is 16.2. The van der Waals surface area contributed by atoms with Crippen LogP contribution in [0.5, 0.6) is 0 Å². The fraction of sp³-hybridized carbons (Fsp3) is 0.833. The lowest BCUT2D eigenvalue weighted by molar-refractivity contribution is -0.139. The number of nitrogens with two attached hydrogens (primary N) is 1. The third-order valence-electron chi connectivity index (χ3n) is 3.88. The van der Waals surface area contributed by atoms with Gasteiger partial charge < -0.3 is 15.4 Å². The lowest BCUT2D eigenvalue weighted by Gasteiger charge is -2.32. The molecule has 2 fully saturated rings. The number of amides is 1. The molecule has 1 amide bonds. The van der Waals surface area contributed by atoms with E-state index in [4.69, 9.17) is 5.73 Å². The minimum atomic E-state index is -0.193. The molecule has 1 aliphatic heterocycles. The number of rotatable bonds is 2. The summed E-state index contributed by atoms with van der Waals surface area (Å²) in [6, 6.07) is -0.198. The normalized spacial score (nSPS) is 35.1. The van der Waals surface area contributed by atoms with Gasteiger partial charge >= 0.3 is 0 Å². The van der Waals surface area contributed by atoms with Gasteiger partial charge in [-0.15, -0.1) is 0 Å². The van der Waals surface area contributed by atoms with Crippen LogP contribution in [0.15, 0.2) is 0 Å². The molecule has 1 saturated carbocycles. The summed E-state index contributed by atoms with van der Waals surface area (Å²) < 4.78 is 0. The molecule has 16 heavy (non-hydrogen) atoms. The fourth-order valence-electron chi connectivity index (χ4n) is 2.89. The number of hydrogen-bond donors (Lipinski definition) is 1. The van der Waals surface area contributed by atoms with Gasteiger partial charge in [0.1, 0.15) is 6.29 Å². The standard InChI is InChI=1S/C12H20N2O2/c13-11-6-2-1-5-10(11)12(16)14-7-3-4-9(14)8-15/h8-11H,1-7,13H2/t9-,10+,11+/m0/s1. The molecule has 90 valence electrons. The molecule has 0 aromatic heterocycles. The molecule has 2 aliphatic rings. The van der Waals surface area contributed by atoms with Crippen LogP contribution in [-0.2, 0) is 9.59 Å². The van der Waals surface area contributed by atoms with Crippen molar-refractivity contribution in [2.45, 2.75) is 50.6 Å². The first-order chi connectivity index (χ1) is 7.74. The van der Waals surface area contributed by atoms with Crippen molar-refractivity contribution < 1.29 is 9.59 Å². The van der Waals surface area contributed by atoms with Gasteiger partial charge in [-0.25, -0.2) is 0 Å². The molecular formula is C12H20N2O2. The Morgan fingerprint density at radius 2 is 1.94 bits per heavy atom. The first-order valence-electron chi connectivity index (χ1n) is 6.25. The zero-order valence-corrected chi connectivity index (χ0v) is 9.60. The van der Waals surface area contributed by atoms with E-state index in [2.05, 4.69) is 0 Å². The second-order valence-electron chi connectivity index (χ2n) is 4.93. The molecule has 0 bridgehead atoms. The molecular weight excluding hydrogens is 204 g/mol. The van der Waals surface area contributed by atoms with Crippen LogP contribution in [0.4, 0.5) is 0 Å². The van der Waals surface area contributed by atoms with Crippen molar-refractivity contribution in [3.63, 3.8) is 0 Å². The van der Waals surface area contributed by atoms with Gasteiger partial charge in [0.25, 0.3) is 0 Å². The van der Waals surface area contributed by atoms with Crippen LogP contribution in [0.2, 0.25) is 0 Å². The smallest absolute Gasteiger partial charge is 0.227 e. The molecule has 1 saturated heterocycles. The van der Waals surface area contributed by atoms with Gasteiger partial charge in [0, 0.05) is 12.6 Å². The van der Waals surface area contributed by atoms with Gasteiger partial charge in [-0.3, -0.25) is 4.79 Å². The molecule has 1 aliphatic carbocycles. The average molecular weight is 224 g/mol. The zero-order valence-electron chi connectivity index (χ0n) is 9.60. The average Bonchev–Trinajstić information content (AvgIpc) is 2.77. The van der Waals surface area contributed by atoms with E-state index in [1.165, 1.54) is 0 Å². The maximum absolute atomic E-state index is 12.3. The van der Waals surface area contributed by atoms with Gasteiger partial charge in [0.15, 0.2) is 0 Å². The van der Waals surface area contributed by atoms with Crippen molar-refractivity contribution in [3.05, 3.63) is 0 Å². The largest absolute Gasteiger partial charge is 0.333 e. The number of likely N-dealkylation sites (tertiary alicyclic amines) is 1. The SMILES string of the molecule is N[C@@H]1CCCC[C@H]1C(=O)N1CCC[C@H]1C=O. The van der Waals surface area contributed by atoms with Gasteiger partial charge in [0.05, 0.1) is 12.0 Å². The van der Waals surface area contributed by atoms with Crippen LogP contribution >= 0.6 is 0 Å². The quantitative estimate of drug-likeness (QED) is 0.702. The highest BCUT2D eigenvalue weighted by molar-refractivity contribution is 5.83. The molecule has 2 rings (SSSR count). The van der Waals surface area contributed by atoms with Crippen LogP contribution in [0.1, 0.15) is 38.5 Å². The lowest BCUT2D eigenvalue weighted by Crippen LogP contribution is -2.47. The first-order valence-corrected chi connectivity index (χ1v) is 6.25. The number of aldehydes is 1. The zero-order chi connectivity index (χ0) is 11.5. The van der Waals surface area contributed by atoms with E-state index in [9.17, 15) is 9.59 Å². The number of nitrogens with zero attached hydrogens (tertiary/aromatic N) is 1. The number of carbonyl (C=O) groups is 2.